The highest BCUT2D eigenvalue weighted by molar-refractivity contribution is 5.89. The summed E-state index contributed by atoms with van der Waals surface area (Å²) in [6, 6.07) is -3.09. The van der Waals surface area contributed by atoms with Crippen LogP contribution in [0.5, 0.6) is 0 Å². The first-order valence-electron chi connectivity index (χ1n) is 16.8. The van der Waals surface area contributed by atoms with Crippen molar-refractivity contribution in [3.63, 3.8) is 0 Å². The fraction of sp³-hybridized carbons (Fsp3) is 0.636. The maximum Gasteiger partial charge on any atom is 0.322 e. The van der Waals surface area contributed by atoms with Crippen molar-refractivity contribution in [3.8, 4) is 0 Å². The van der Waals surface area contributed by atoms with Gasteiger partial charge in [-0.25, -0.2) is 10.1 Å². The van der Waals surface area contributed by atoms with E-state index >= 15 is 0 Å². The summed E-state index contributed by atoms with van der Waals surface area (Å²) < 4.78 is 15.4. The van der Waals surface area contributed by atoms with Crippen molar-refractivity contribution >= 4 is 35.6 Å². The van der Waals surface area contributed by atoms with E-state index in [0.717, 1.165) is 6.08 Å². The van der Waals surface area contributed by atoms with Crippen molar-refractivity contribution in [2.75, 3.05) is 39.5 Å². The van der Waals surface area contributed by atoms with Gasteiger partial charge < -0.3 is 41.7 Å². The Kier molecular flexibility index (Phi) is 21.2. The van der Waals surface area contributed by atoms with E-state index in [2.05, 4.69) is 0 Å². The van der Waals surface area contributed by atoms with Gasteiger partial charge in [-0.1, -0.05) is 16.7 Å². The molecular weight excluding hydrogens is 672 g/mol. The third-order valence-corrected chi connectivity index (χ3v) is 7.64. The molecule has 51 heavy (non-hydrogen) atoms. The second-order valence-electron chi connectivity index (χ2n) is 12.3. The summed E-state index contributed by atoms with van der Waals surface area (Å²) in [5, 5.41) is 33.5. The van der Waals surface area contributed by atoms with Crippen LogP contribution in [0.1, 0.15) is 78.6 Å². The van der Waals surface area contributed by atoms with Crippen molar-refractivity contribution in [1.29, 1.82) is 0 Å². The number of amides is 3. The first kappa shape index (κ1) is 44.8. The minimum Gasteiger partial charge on any atom is -0.756 e. The maximum absolute atomic E-state index is 12.3. The van der Waals surface area contributed by atoms with E-state index in [9.17, 15) is 44.4 Å². The summed E-state index contributed by atoms with van der Waals surface area (Å²) >= 11 is 0. The Morgan fingerprint density at radius 2 is 0.863 bits per heavy atom. The number of hydrogen-bond acceptors (Lipinski definition) is 15. The number of cyclic esters (lactones) is 3. The number of hydrogen-bond donors (Lipinski definition) is 5. The minimum absolute atomic E-state index is 0.0707. The summed E-state index contributed by atoms with van der Waals surface area (Å²) in [5.41, 5.74) is 19.1. The first-order chi connectivity index (χ1) is 24.0. The van der Waals surface area contributed by atoms with Crippen LogP contribution >= 0.6 is 0 Å². The molecule has 0 aromatic heterocycles. The molecule has 288 valence electrons. The third kappa shape index (κ3) is 19.1. The van der Waals surface area contributed by atoms with Gasteiger partial charge in [0, 0.05) is 57.1 Å². The van der Waals surface area contributed by atoms with Crippen LogP contribution in [0.2, 0.25) is 0 Å². The first-order valence-corrected chi connectivity index (χ1v) is 16.8. The molecular formula is C33H53N6O12-. The number of esters is 3. The summed E-state index contributed by atoms with van der Waals surface area (Å²) in [6.45, 7) is 4.07. The molecule has 0 fully saturated rings. The maximum atomic E-state index is 12.3. The molecule has 1 aliphatic heterocycles. The van der Waals surface area contributed by atoms with Gasteiger partial charge in [0.15, 0.2) is 0 Å². The molecule has 1 aliphatic rings. The largest absolute Gasteiger partial charge is 0.756 e. The lowest BCUT2D eigenvalue weighted by Crippen LogP contribution is -2.34. The highest BCUT2D eigenvalue weighted by Gasteiger charge is 2.19. The number of hydroxylamine groups is 6. The molecule has 3 atom stereocenters. The summed E-state index contributed by atoms with van der Waals surface area (Å²) in [4.78, 5) is 73.6. The van der Waals surface area contributed by atoms with E-state index in [1.165, 1.54) is 12.2 Å². The molecule has 0 radical (unpaired) electrons. The standard InChI is InChI=1S/C33H53N6O12/c1-22-10-16-49-31(43)25(34)8-5-14-38(47)29(41)20-24(3)12-18-51-33(45)27(36)9-6-15-39(48)30(42)21-23(2)11-17-50-32(44)26(35)7-4-13-37(46)28(40)19-22/h19-21,25-27,46-47H,4-18,34-36H2,1-3H3/q-1. The Labute approximate surface area is 297 Å². The number of nitrogens with two attached hydrogens (primary N) is 3. The molecule has 18 heteroatoms. The zero-order chi connectivity index (χ0) is 38.5. The fourth-order valence-corrected chi connectivity index (χ4v) is 4.39. The van der Waals surface area contributed by atoms with Gasteiger partial charge in [-0.05, 0) is 59.3 Å². The zero-order valence-electron chi connectivity index (χ0n) is 29.6. The van der Waals surface area contributed by atoms with E-state index in [1.807, 2.05) is 0 Å². The Morgan fingerprint density at radius 1 is 0.569 bits per heavy atom. The molecule has 0 spiro atoms. The minimum atomic E-state index is -1.04. The Hall–Kier alpha value is -4.20. The number of nitrogens with zero attached hydrogens (tertiary/aromatic N) is 3. The van der Waals surface area contributed by atoms with E-state index in [-0.39, 0.29) is 102 Å². The van der Waals surface area contributed by atoms with Gasteiger partial charge >= 0.3 is 17.9 Å². The van der Waals surface area contributed by atoms with Crippen LogP contribution in [0.15, 0.2) is 34.9 Å². The van der Waals surface area contributed by atoms with E-state index < -0.39 is 53.8 Å². The highest BCUT2D eigenvalue weighted by Crippen LogP contribution is 2.09. The van der Waals surface area contributed by atoms with Crippen molar-refractivity contribution in [3.05, 3.63) is 40.2 Å². The predicted octanol–water partition coefficient (Wildman–Crippen LogP) is 0.723. The Bertz CT molecular complexity index is 1130. The number of carbonyl (C=O) groups is 6. The van der Waals surface area contributed by atoms with Gasteiger partial charge in [0.1, 0.15) is 18.1 Å². The molecule has 3 unspecified atom stereocenters. The van der Waals surface area contributed by atoms with E-state index in [1.54, 1.807) is 20.8 Å². The van der Waals surface area contributed by atoms with Gasteiger partial charge in [0.25, 0.3) is 11.8 Å². The van der Waals surface area contributed by atoms with Crippen molar-refractivity contribution in [1.82, 2.24) is 15.2 Å². The summed E-state index contributed by atoms with van der Waals surface area (Å²) in [7, 11) is 0. The van der Waals surface area contributed by atoms with Crippen LogP contribution in [0.4, 0.5) is 0 Å². The van der Waals surface area contributed by atoms with Crippen LogP contribution in [-0.2, 0) is 43.0 Å². The smallest absolute Gasteiger partial charge is 0.322 e. The lowest BCUT2D eigenvalue weighted by atomic mass is 10.1. The van der Waals surface area contributed by atoms with Gasteiger partial charge in [-0.15, -0.1) is 0 Å². The summed E-state index contributed by atoms with van der Waals surface area (Å²) in [5.74, 6) is -4.40. The van der Waals surface area contributed by atoms with Crippen LogP contribution in [0, 0.1) is 5.21 Å². The van der Waals surface area contributed by atoms with Crippen LogP contribution < -0.4 is 17.2 Å². The third-order valence-electron chi connectivity index (χ3n) is 7.64. The molecule has 1 rings (SSSR count). The molecule has 0 bridgehead atoms. The SMILES string of the molecule is CC1=CC(=O)N(O)CCCC(N)C(=O)OCCC(C)=CC(=O)N(O)CCCC(N)C(=O)OCCC(C)=CC(=O)N([O-])CCCC(N)C(=O)OCC1. The number of carbonyl (C=O) groups excluding carboxylic acids is 6. The van der Waals surface area contributed by atoms with Crippen molar-refractivity contribution < 1.29 is 53.4 Å². The Balaban J connectivity index is 2.85. The van der Waals surface area contributed by atoms with Crippen LogP contribution in [0.25, 0.3) is 0 Å². The molecule has 0 saturated heterocycles. The van der Waals surface area contributed by atoms with Crippen LogP contribution in [0.3, 0.4) is 0 Å². The zero-order valence-corrected chi connectivity index (χ0v) is 29.6. The number of ether oxygens (including phenoxy) is 3. The molecule has 0 aromatic carbocycles. The average molecular weight is 726 g/mol. The molecule has 0 aliphatic carbocycles. The second-order valence-corrected chi connectivity index (χ2v) is 12.3. The van der Waals surface area contributed by atoms with Crippen molar-refractivity contribution in [2.24, 2.45) is 17.2 Å². The van der Waals surface area contributed by atoms with Gasteiger partial charge in [0.05, 0.1) is 19.8 Å². The monoisotopic (exact) mass is 725 g/mol. The van der Waals surface area contributed by atoms with Gasteiger partial charge in [-0.2, -0.15) is 0 Å². The lowest BCUT2D eigenvalue weighted by molar-refractivity contribution is -0.160. The quantitative estimate of drug-likeness (QED) is 0.131. The van der Waals surface area contributed by atoms with Crippen molar-refractivity contribution in [2.45, 2.75) is 96.7 Å². The van der Waals surface area contributed by atoms with Crippen LogP contribution in [-0.4, -0.2) is 119 Å². The fourth-order valence-electron chi connectivity index (χ4n) is 4.39. The molecule has 0 aromatic rings. The molecule has 0 saturated carbocycles. The van der Waals surface area contributed by atoms with E-state index in [4.69, 9.17) is 31.4 Å². The predicted molar refractivity (Wildman–Crippen MR) is 182 cm³/mol. The number of rotatable bonds is 0. The molecule has 3 amide bonds. The second kappa shape index (κ2) is 24.1. The molecule has 1 heterocycles. The molecule has 8 N–H and O–H groups in total. The Morgan fingerprint density at radius 3 is 1.20 bits per heavy atom. The van der Waals surface area contributed by atoms with Gasteiger partial charge in [0.2, 0.25) is 5.91 Å². The average Bonchev–Trinajstić information content (AvgIpc) is 3.06. The topological polar surface area (TPSA) is 281 Å². The highest BCUT2D eigenvalue weighted by atomic mass is 16.5. The summed E-state index contributed by atoms with van der Waals surface area (Å²) in [6.07, 6.45) is 4.75. The normalized spacial score (nSPS) is 24.5. The van der Waals surface area contributed by atoms with Gasteiger partial charge in [-0.3, -0.25) is 39.2 Å². The molecule has 18 nitrogen and oxygen atoms in total. The van der Waals surface area contributed by atoms with E-state index in [0.29, 0.717) is 26.8 Å². The lowest BCUT2D eigenvalue weighted by Gasteiger charge is -2.27.